The number of fused-ring (bicyclic) bond motifs is 1. The van der Waals surface area contributed by atoms with Gasteiger partial charge in [-0.3, -0.25) is 0 Å². The van der Waals surface area contributed by atoms with Crippen molar-refractivity contribution in [1.29, 1.82) is 0 Å². The minimum atomic E-state index is 0.529. The van der Waals surface area contributed by atoms with Gasteiger partial charge in [0.2, 0.25) is 0 Å². The van der Waals surface area contributed by atoms with Gasteiger partial charge in [0.15, 0.2) is 0 Å². The molecule has 1 unspecified atom stereocenters. The predicted molar refractivity (Wildman–Crippen MR) is 46.4 cm³/mol. The summed E-state index contributed by atoms with van der Waals surface area (Å²) in [4.78, 5) is 0. The van der Waals surface area contributed by atoms with Crippen molar-refractivity contribution in [2.75, 3.05) is 0 Å². The van der Waals surface area contributed by atoms with Crippen molar-refractivity contribution >= 4 is 0 Å². The highest BCUT2D eigenvalue weighted by Gasteiger charge is 2.22. The van der Waals surface area contributed by atoms with Gasteiger partial charge in [-0.2, -0.15) is 0 Å². The molecule has 58 valence electrons. The molecule has 0 aromatic heterocycles. The van der Waals surface area contributed by atoms with Gasteiger partial charge in [0.1, 0.15) is 0 Å². The molecule has 0 radical (unpaired) electrons. The minimum Gasteiger partial charge on any atom is -0.304 e. The summed E-state index contributed by atoms with van der Waals surface area (Å²) in [7, 11) is 0. The number of benzene rings is 1. The molecule has 1 aliphatic heterocycles. The summed E-state index contributed by atoms with van der Waals surface area (Å²) in [6, 6.07) is 9.68. The van der Waals surface area contributed by atoms with Crippen molar-refractivity contribution in [3.8, 4) is 0 Å². The van der Waals surface area contributed by atoms with Crippen LogP contribution in [0.2, 0.25) is 0 Å². The third-order valence-electron chi connectivity index (χ3n) is 2.43. The Bertz CT molecular complexity index is 240. The summed E-state index contributed by atoms with van der Waals surface area (Å²) < 4.78 is 0. The van der Waals surface area contributed by atoms with Gasteiger partial charge >= 0.3 is 0 Å². The Labute approximate surface area is 67.4 Å². The molecule has 0 fully saturated rings. The summed E-state index contributed by atoms with van der Waals surface area (Å²) in [6.07, 6.45) is 0. The topological polar surface area (TPSA) is 12.0 Å². The van der Waals surface area contributed by atoms with Crippen LogP contribution in [0.15, 0.2) is 24.3 Å². The zero-order valence-corrected chi connectivity index (χ0v) is 6.96. The van der Waals surface area contributed by atoms with Crippen molar-refractivity contribution in [3.05, 3.63) is 35.4 Å². The molecule has 0 saturated heterocycles. The SMILES string of the molecule is CC1N[C@@H](C)c2ccccc21. The summed E-state index contributed by atoms with van der Waals surface area (Å²) in [5, 5.41) is 3.48. The molecule has 1 aromatic rings. The predicted octanol–water partition coefficient (Wildman–Crippen LogP) is 2.41. The molecule has 1 N–H and O–H groups in total. The van der Waals surface area contributed by atoms with Crippen molar-refractivity contribution in [1.82, 2.24) is 5.32 Å². The smallest absolute Gasteiger partial charge is 0.0300 e. The molecule has 1 nitrogen and oxygen atoms in total. The maximum atomic E-state index is 3.48. The van der Waals surface area contributed by atoms with Crippen LogP contribution in [0.3, 0.4) is 0 Å². The van der Waals surface area contributed by atoms with E-state index in [0.717, 1.165) is 0 Å². The lowest BCUT2D eigenvalue weighted by molar-refractivity contribution is 0.553. The average molecular weight is 147 g/mol. The molecule has 1 heteroatoms. The fraction of sp³-hybridized carbons (Fsp3) is 0.400. The summed E-state index contributed by atoms with van der Waals surface area (Å²) >= 11 is 0. The summed E-state index contributed by atoms with van der Waals surface area (Å²) in [5.41, 5.74) is 2.92. The summed E-state index contributed by atoms with van der Waals surface area (Å²) in [5.74, 6) is 0. The highest BCUT2D eigenvalue weighted by atomic mass is 15.0. The van der Waals surface area contributed by atoms with Gasteiger partial charge in [-0.15, -0.1) is 0 Å². The quantitative estimate of drug-likeness (QED) is 0.594. The summed E-state index contributed by atoms with van der Waals surface area (Å²) in [6.45, 7) is 4.42. The Morgan fingerprint density at radius 1 is 1.00 bits per heavy atom. The number of hydrogen-bond donors (Lipinski definition) is 1. The fourth-order valence-corrected chi connectivity index (χ4v) is 1.85. The lowest BCUT2D eigenvalue weighted by Gasteiger charge is -2.04. The van der Waals surface area contributed by atoms with Crippen LogP contribution < -0.4 is 5.32 Å². The number of hydrogen-bond acceptors (Lipinski definition) is 1. The zero-order valence-electron chi connectivity index (χ0n) is 6.96. The van der Waals surface area contributed by atoms with E-state index < -0.39 is 0 Å². The third kappa shape index (κ3) is 0.962. The largest absolute Gasteiger partial charge is 0.304 e. The van der Waals surface area contributed by atoms with Crippen LogP contribution in [0.1, 0.15) is 37.1 Å². The van der Waals surface area contributed by atoms with Gasteiger partial charge in [-0.05, 0) is 25.0 Å². The van der Waals surface area contributed by atoms with Crippen molar-refractivity contribution in [2.45, 2.75) is 25.9 Å². The zero-order chi connectivity index (χ0) is 7.84. The van der Waals surface area contributed by atoms with Crippen molar-refractivity contribution in [3.63, 3.8) is 0 Å². The van der Waals surface area contributed by atoms with Gasteiger partial charge in [0, 0.05) is 12.1 Å². The maximum Gasteiger partial charge on any atom is 0.0300 e. The van der Waals surface area contributed by atoms with E-state index in [-0.39, 0.29) is 0 Å². The monoisotopic (exact) mass is 147 g/mol. The first-order valence-corrected chi connectivity index (χ1v) is 4.14. The number of rotatable bonds is 0. The first-order valence-electron chi connectivity index (χ1n) is 4.14. The second kappa shape index (κ2) is 2.35. The van der Waals surface area contributed by atoms with Crippen LogP contribution in [0.25, 0.3) is 0 Å². The van der Waals surface area contributed by atoms with Gasteiger partial charge in [0.05, 0.1) is 0 Å². The van der Waals surface area contributed by atoms with Gasteiger partial charge < -0.3 is 5.32 Å². The molecular formula is C10H13N. The van der Waals surface area contributed by atoms with E-state index in [9.17, 15) is 0 Å². The van der Waals surface area contributed by atoms with Gasteiger partial charge in [-0.1, -0.05) is 24.3 Å². The fourth-order valence-electron chi connectivity index (χ4n) is 1.85. The lowest BCUT2D eigenvalue weighted by Crippen LogP contribution is -2.11. The minimum absolute atomic E-state index is 0.529. The van der Waals surface area contributed by atoms with E-state index in [1.54, 1.807) is 0 Å². The Balaban J connectivity index is 2.52. The maximum absolute atomic E-state index is 3.48. The molecule has 11 heavy (non-hydrogen) atoms. The van der Waals surface area contributed by atoms with Crippen LogP contribution in [0.4, 0.5) is 0 Å². The second-order valence-corrected chi connectivity index (χ2v) is 3.24. The Hall–Kier alpha value is -0.820. The van der Waals surface area contributed by atoms with Crippen LogP contribution in [0, 0.1) is 0 Å². The molecule has 1 aliphatic rings. The Morgan fingerprint density at radius 3 is 1.91 bits per heavy atom. The molecule has 1 heterocycles. The van der Waals surface area contributed by atoms with Crippen LogP contribution >= 0.6 is 0 Å². The van der Waals surface area contributed by atoms with Crippen LogP contribution in [-0.4, -0.2) is 0 Å². The lowest BCUT2D eigenvalue weighted by atomic mass is 10.0. The molecule has 0 amide bonds. The van der Waals surface area contributed by atoms with Crippen molar-refractivity contribution in [2.24, 2.45) is 0 Å². The van der Waals surface area contributed by atoms with E-state index in [0.29, 0.717) is 12.1 Å². The highest BCUT2D eigenvalue weighted by Crippen LogP contribution is 2.31. The third-order valence-corrected chi connectivity index (χ3v) is 2.43. The van der Waals surface area contributed by atoms with E-state index in [2.05, 4.69) is 43.4 Å². The Kier molecular flexibility index (Phi) is 1.46. The van der Waals surface area contributed by atoms with Gasteiger partial charge in [0.25, 0.3) is 0 Å². The van der Waals surface area contributed by atoms with Gasteiger partial charge in [-0.25, -0.2) is 0 Å². The first kappa shape index (κ1) is 6.86. The average Bonchev–Trinajstić information content (AvgIpc) is 2.30. The van der Waals surface area contributed by atoms with E-state index in [1.165, 1.54) is 11.1 Å². The standard InChI is InChI=1S/C10H13N/c1-7-9-5-3-4-6-10(9)8(2)11-7/h3-8,11H,1-2H3/t7-,8?/m0/s1. The van der Waals surface area contributed by atoms with E-state index in [4.69, 9.17) is 0 Å². The van der Waals surface area contributed by atoms with E-state index in [1.807, 2.05) is 0 Å². The molecule has 2 atom stereocenters. The van der Waals surface area contributed by atoms with E-state index >= 15 is 0 Å². The molecule has 1 aromatic carbocycles. The van der Waals surface area contributed by atoms with Crippen LogP contribution in [0.5, 0.6) is 0 Å². The molecule has 0 bridgehead atoms. The Morgan fingerprint density at radius 2 is 1.45 bits per heavy atom. The van der Waals surface area contributed by atoms with Crippen LogP contribution in [-0.2, 0) is 0 Å². The number of nitrogens with one attached hydrogen (secondary N) is 1. The molecule has 0 aliphatic carbocycles. The molecular weight excluding hydrogens is 134 g/mol. The second-order valence-electron chi connectivity index (χ2n) is 3.24. The normalized spacial score (nSPS) is 28.5. The van der Waals surface area contributed by atoms with Crippen molar-refractivity contribution < 1.29 is 0 Å². The molecule has 0 saturated carbocycles. The molecule has 2 rings (SSSR count). The first-order chi connectivity index (χ1) is 5.29. The highest BCUT2D eigenvalue weighted by molar-refractivity contribution is 5.35. The molecule has 0 spiro atoms.